The molecule has 2 aromatic carbocycles. The Kier molecular flexibility index (Phi) is 5.64. The zero-order valence-corrected chi connectivity index (χ0v) is 17.5. The van der Waals surface area contributed by atoms with E-state index < -0.39 is 0 Å². The van der Waals surface area contributed by atoms with Crippen molar-refractivity contribution in [3.63, 3.8) is 0 Å². The standard InChI is InChI=1S/C20H19ClN4O3S/c1-3-25-18(13-4-6-14(21)7-5-13)23-24-20(25)29-12(2)19(26)22-15-8-9-16-17(10-15)28-11-27-16/h4-10,12H,3,11H2,1-2H3,(H,22,26)/t12-/m0/s1. The molecule has 0 spiro atoms. The van der Waals surface area contributed by atoms with Gasteiger partial charge in [0.1, 0.15) is 0 Å². The van der Waals surface area contributed by atoms with Crippen LogP contribution >= 0.6 is 23.4 Å². The first kappa shape index (κ1) is 19.6. The summed E-state index contributed by atoms with van der Waals surface area (Å²) in [6.45, 7) is 4.74. The van der Waals surface area contributed by atoms with Crippen LogP contribution in [0.15, 0.2) is 47.6 Å². The number of carbonyl (C=O) groups excluding carboxylic acids is 1. The number of hydrogen-bond donors (Lipinski definition) is 1. The minimum absolute atomic E-state index is 0.132. The number of aromatic nitrogens is 3. The molecule has 0 saturated heterocycles. The third kappa shape index (κ3) is 4.18. The van der Waals surface area contributed by atoms with Crippen LogP contribution in [0.3, 0.4) is 0 Å². The molecule has 0 aliphatic carbocycles. The summed E-state index contributed by atoms with van der Waals surface area (Å²) in [6.07, 6.45) is 0. The van der Waals surface area contributed by atoms with Crippen molar-refractivity contribution in [3.8, 4) is 22.9 Å². The van der Waals surface area contributed by atoms with E-state index in [1.165, 1.54) is 11.8 Å². The summed E-state index contributed by atoms with van der Waals surface area (Å²) in [6, 6.07) is 12.8. The lowest BCUT2D eigenvalue weighted by Crippen LogP contribution is -2.22. The fourth-order valence-electron chi connectivity index (χ4n) is 2.90. The van der Waals surface area contributed by atoms with Gasteiger partial charge in [-0.1, -0.05) is 23.4 Å². The zero-order chi connectivity index (χ0) is 20.4. The van der Waals surface area contributed by atoms with Crippen LogP contribution in [-0.4, -0.2) is 32.7 Å². The Morgan fingerprint density at radius 2 is 1.97 bits per heavy atom. The molecule has 29 heavy (non-hydrogen) atoms. The highest BCUT2D eigenvalue weighted by Crippen LogP contribution is 2.34. The summed E-state index contributed by atoms with van der Waals surface area (Å²) in [4.78, 5) is 12.7. The van der Waals surface area contributed by atoms with Crippen molar-refractivity contribution in [2.45, 2.75) is 30.8 Å². The Morgan fingerprint density at radius 3 is 2.72 bits per heavy atom. The van der Waals surface area contributed by atoms with Crippen molar-refractivity contribution < 1.29 is 14.3 Å². The van der Waals surface area contributed by atoms with E-state index in [4.69, 9.17) is 21.1 Å². The number of halogens is 1. The van der Waals surface area contributed by atoms with Crippen molar-refractivity contribution in [1.29, 1.82) is 0 Å². The minimum Gasteiger partial charge on any atom is -0.454 e. The number of rotatable bonds is 6. The Hall–Kier alpha value is -2.71. The van der Waals surface area contributed by atoms with E-state index in [9.17, 15) is 4.79 Å². The largest absolute Gasteiger partial charge is 0.454 e. The average molecular weight is 431 g/mol. The lowest BCUT2D eigenvalue weighted by Gasteiger charge is -2.13. The third-order valence-corrected chi connectivity index (χ3v) is 5.76. The molecule has 4 rings (SSSR count). The van der Waals surface area contributed by atoms with Gasteiger partial charge in [-0.05, 0) is 50.2 Å². The van der Waals surface area contributed by atoms with E-state index in [1.54, 1.807) is 18.2 Å². The molecule has 2 heterocycles. The molecular formula is C20H19ClN4O3S. The highest BCUT2D eigenvalue weighted by molar-refractivity contribution is 8.00. The first-order valence-corrected chi connectivity index (χ1v) is 10.4. The van der Waals surface area contributed by atoms with Crippen LogP contribution in [-0.2, 0) is 11.3 Å². The topological polar surface area (TPSA) is 78.3 Å². The van der Waals surface area contributed by atoms with E-state index in [0.29, 0.717) is 33.9 Å². The number of anilines is 1. The van der Waals surface area contributed by atoms with Gasteiger partial charge >= 0.3 is 0 Å². The fourth-order valence-corrected chi connectivity index (χ4v) is 3.94. The van der Waals surface area contributed by atoms with Crippen LogP contribution in [0.4, 0.5) is 5.69 Å². The first-order chi connectivity index (χ1) is 14.0. The SMILES string of the molecule is CCn1c(S[C@@H](C)C(=O)Nc2ccc3c(c2)OCO3)nnc1-c1ccc(Cl)cc1. The first-order valence-electron chi connectivity index (χ1n) is 9.11. The summed E-state index contributed by atoms with van der Waals surface area (Å²) in [5.41, 5.74) is 1.58. The van der Waals surface area contributed by atoms with Gasteiger partial charge in [-0.25, -0.2) is 0 Å². The molecule has 1 aliphatic rings. The van der Waals surface area contributed by atoms with E-state index in [-0.39, 0.29) is 18.0 Å². The summed E-state index contributed by atoms with van der Waals surface area (Å²) in [7, 11) is 0. The maximum Gasteiger partial charge on any atom is 0.237 e. The van der Waals surface area contributed by atoms with Crippen molar-refractivity contribution in [1.82, 2.24) is 14.8 Å². The molecule has 0 bridgehead atoms. The normalized spacial score (nSPS) is 13.3. The second kappa shape index (κ2) is 8.34. The van der Waals surface area contributed by atoms with E-state index >= 15 is 0 Å². The molecule has 1 amide bonds. The van der Waals surface area contributed by atoms with Gasteiger partial charge in [0, 0.05) is 28.9 Å². The number of amides is 1. The predicted molar refractivity (Wildman–Crippen MR) is 113 cm³/mol. The summed E-state index contributed by atoms with van der Waals surface area (Å²) < 4.78 is 12.6. The molecule has 1 aromatic heterocycles. The molecule has 3 aromatic rings. The molecule has 150 valence electrons. The van der Waals surface area contributed by atoms with E-state index in [1.807, 2.05) is 42.7 Å². The van der Waals surface area contributed by atoms with Gasteiger partial charge in [-0.15, -0.1) is 10.2 Å². The lowest BCUT2D eigenvalue weighted by atomic mass is 10.2. The number of nitrogens with one attached hydrogen (secondary N) is 1. The Labute approximate surface area is 177 Å². The molecule has 7 nitrogen and oxygen atoms in total. The maximum atomic E-state index is 12.7. The molecular weight excluding hydrogens is 412 g/mol. The highest BCUT2D eigenvalue weighted by Gasteiger charge is 2.21. The predicted octanol–water partition coefficient (Wildman–Crippen LogP) is 4.47. The Bertz CT molecular complexity index is 1040. The molecule has 1 atom stereocenters. The van der Waals surface area contributed by atoms with Crippen LogP contribution < -0.4 is 14.8 Å². The minimum atomic E-state index is -0.368. The second-order valence-corrected chi connectivity index (χ2v) is 8.12. The summed E-state index contributed by atoms with van der Waals surface area (Å²) in [5, 5.41) is 12.5. The van der Waals surface area contributed by atoms with Gasteiger partial charge in [-0.2, -0.15) is 0 Å². The van der Waals surface area contributed by atoms with Gasteiger partial charge in [-0.3, -0.25) is 4.79 Å². The summed E-state index contributed by atoms with van der Waals surface area (Å²) >= 11 is 7.33. The summed E-state index contributed by atoms with van der Waals surface area (Å²) in [5.74, 6) is 1.92. The highest BCUT2D eigenvalue weighted by atomic mass is 35.5. The quantitative estimate of drug-likeness (QED) is 0.581. The number of benzene rings is 2. The second-order valence-electron chi connectivity index (χ2n) is 6.37. The number of nitrogens with zero attached hydrogens (tertiary/aromatic N) is 3. The van der Waals surface area contributed by atoms with Crippen LogP contribution in [0.1, 0.15) is 13.8 Å². The molecule has 0 unspecified atom stereocenters. The van der Waals surface area contributed by atoms with E-state index in [2.05, 4.69) is 15.5 Å². The Morgan fingerprint density at radius 1 is 1.21 bits per heavy atom. The van der Waals surface area contributed by atoms with Crippen molar-refractivity contribution in [2.24, 2.45) is 0 Å². The molecule has 0 saturated carbocycles. The zero-order valence-electron chi connectivity index (χ0n) is 15.9. The van der Waals surface area contributed by atoms with Crippen molar-refractivity contribution in [3.05, 3.63) is 47.5 Å². The van der Waals surface area contributed by atoms with E-state index in [0.717, 1.165) is 11.4 Å². The fraction of sp³-hybridized carbons (Fsp3) is 0.250. The van der Waals surface area contributed by atoms with Gasteiger partial charge < -0.3 is 19.4 Å². The molecule has 0 fully saturated rings. The number of fused-ring (bicyclic) bond motifs is 1. The number of thioether (sulfide) groups is 1. The molecule has 9 heteroatoms. The smallest absolute Gasteiger partial charge is 0.237 e. The van der Waals surface area contributed by atoms with Crippen molar-refractivity contribution >= 4 is 35.0 Å². The third-order valence-electron chi connectivity index (χ3n) is 4.43. The van der Waals surface area contributed by atoms with Gasteiger partial charge in [0.2, 0.25) is 12.7 Å². The Balaban J connectivity index is 1.47. The van der Waals surface area contributed by atoms with Crippen LogP contribution in [0, 0.1) is 0 Å². The monoisotopic (exact) mass is 430 g/mol. The molecule has 1 aliphatic heterocycles. The van der Waals surface area contributed by atoms with Crippen LogP contribution in [0.25, 0.3) is 11.4 Å². The number of hydrogen-bond acceptors (Lipinski definition) is 6. The van der Waals surface area contributed by atoms with Gasteiger partial charge in [0.05, 0.1) is 5.25 Å². The average Bonchev–Trinajstić information content (AvgIpc) is 3.34. The van der Waals surface area contributed by atoms with Crippen LogP contribution in [0.2, 0.25) is 5.02 Å². The van der Waals surface area contributed by atoms with Crippen molar-refractivity contribution in [2.75, 3.05) is 12.1 Å². The molecule has 1 N–H and O–H groups in total. The van der Waals surface area contributed by atoms with Crippen LogP contribution in [0.5, 0.6) is 11.5 Å². The van der Waals surface area contributed by atoms with Gasteiger partial charge in [0.25, 0.3) is 0 Å². The van der Waals surface area contributed by atoms with Gasteiger partial charge in [0.15, 0.2) is 22.5 Å². The lowest BCUT2D eigenvalue weighted by molar-refractivity contribution is -0.115. The molecule has 0 radical (unpaired) electrons. The maximum absolute atomic E-state index is 12.7. The number of carbonyl (C=O) groups is 1. The number of ether oxygens (including phenoxy) is 2.